The van der Waals surface area contributed by atoms with Gasteiger partial charge in [-0.25, -0.2) is 0 Å². The highest BCUT2D eigenvalue weighted by Gasteiger charge is 2.17. The van der Waals surface area contributed by atoms with Crippen LogP contribution in [0, 0.1) is 6.92 Å². The van der Waals surface area contributed by atoms with Gasteiger partial charge in [-0.2, -0.15) is 5.10 Å². The Kier molecular flexibility index (Phi) is 6.09. The van der Waals surface area contributed by atoms with Crippen LogP contribution < -0.4 is 10.6 Å². The molecule has 0 radical (unpaired) electrons. The molecule has 0 saturated heterocycles. The lowest BCUT2D eigenvalue weighted by Gasteiger charge is -2.10. The minimum Gasteiger partial charge on any atom is -0.325 e. The second-order valence-electron chi connectivity index (χ2n) is 7.21. The van der Waals surface area contributed by atoms with E-state index in [4.69, 9.17) is 0 Å². The van der Waals surface area contributed by atoms with Crippen molar-refractivity contribution in [2.75, 3.05) is 16.4 Å². The average Bonchev–Trinajstić information content (AvgIpc) is 3.22. The van der Waals surface area contributed by atoms with Crippen LogP contribution in [-0.2, 0) is 17.6 Å². The fourth-order valence-electron chi connectivity index (χ4n) is 3.33. The number of carbonyl (C=O) groups excluding carboxylic acids is 2. The summed E-state index contributed by atoms with van der Waals surface area (Å²) in [5.41, 5.74) is 4.56. The third kappa shape index (κ3) is 4.86. The van der Waals surface area contributed by atoms with Crippen LogP contribution in [-0.4, -0.2) is 27.8 Å². The van der Waals surface area contributed by atoms with Crippen molar-refractivity contribution in [1.82, 2.24) is 10.2 Å². The van der Waals surface area contributed by atoms with E-state index in [2.05, 4.69) is 20.8 Å². The van der Waals surface area contributed by atoms with Crippen molar-refractivity contribution in [3.8, 4) is 0 Å². The molecule has 1 aliphatic rings. The van der Waals surface area contributed by atoms with Crippen LogP contribution in [0.3, 0.4) is 0 Å². The molecule has 4 rings (SSSR count). The van der Waals surface area contributed by atoms with Gasteiger partial charge in [-0.3, -0.25) is 9.59 Å². The molecule has 1 aromatic heterocycles. The highest BCUT2D eigenvalue weighted by Crippen LogP contribution is 2.25. The Labute approximate surface area is 179 Å². The Hall–Kier alpha value is -3.19. The second-order valence-corrected chi connectivity index (χ2v) is 8.23. The van der Waals surface area contributed by atoms with Crippen molar-refractivity contribution < 1.29 is 9.59 Å². The number of rotatable bonds is 6. The Morgan fingerprint density at radius 2 is 1.80 bits per heavy atom. The van der Waals surface area contributed by atoms with Crippen LogP contribution in [0.25, 0.3) is 0 Å². The zero-order valence-electron chi connectivity index (χ0n) is 16.6. The number of hydrogen-bond donors (Lipinski definition) is 2. The fourth-order valence-corrected chi connectivity index (χ4v) is 4.18. The smallest absolute Gasteiger partial charge is 0.258 e. The van der Waals surface area contributed by atoms with E-state index >= 15 is 0 Å². The summed E-state index contributed by atoms with van der Waals surface area (Å²) in [5, 5.41) is 14.0. The first-order chi connectivity index (χ1) is 14.6. The van der Waals surface area contributed by atoms with Crippen LogP contribution in [0.15, 0.2) is 59.5 Å². The van der Waals surface area contributed by atoms with Gasteiger partial charge in [0.25, 0.3) is 5.91 Å². The van der Waals surface area contributed by atoms with Crippen molar-refractivity contribution in [1.29, 1.82) is 0 Å². The maximum atomic E-state index is 12.8. The number of thioether (sulfide) groups is 1. The molecule has 1 heterocycles. The predicted octanol–water partition coefficient (Wildman–Crippen LogP) is 4.26. The Balaban J connectivity index is 1.40. The molecule has 0 unspecified atom stereocenters. The summed E-state index contributed by atoms with van der Waals surface area (Å²) in [4.78, 5) is 25.8. The van der Waals surface area contributed by atoms with Crippen molar-refractivity contribution in [2.45, 2.75) is 31.1 Å². The number of aryl methyl sites for hydroxylation is 3. The molecule has 30 heavy (non-hydrogen) atoms. The maximum Gasteiger partial charge on any atom is 0.258 e. The van der Waals surface area contributed by atoms with Crippen molar-refractivity contribution in [2.24, 2.45) is 0 Å². The molecule has 2 aromatic carbocycles. The summed E-state index contributed by atoms with van der Waals surface area (Å²) in [6.45, 7) is 2.00. The normalized spacial score (nSPS) is 12.3. The molecule has 152 valence electrons. The SMILES string of the molecule is Cc1ccc(NC(=O)CSc2ccccc2C(=O)Nc2cc3c(nn2)CCC3)cc1. The van der Waals surface area contributed by atoms with E-state index in [0.29, 0.717) is 11.4 Å². The predicted molar refractivity (Wildman–Crippen MR) is 119 cm³/mol. The monoisotopic (exact) mass is 418 g/mol. The summed E-state index contributed by atoms with van der Waals surface area (Å²) in [7, 11) is 0. The Morgan fingerprint density at radius 3 is 2.63 bits per heavy atom. The Morgan fingerprint density at radius 1 is 1.00 bits per heavy atom. The summed E-state index contributed by atoms with van der Waals surface area (Å²) in [5.74, 6) is 0.280. The van der Waals surface area contributed by atoms with Gasteiger partial charge in [0.1, 0.15) is 0 Å². The number of nitrogens with zero attached hydrogens (tertiary/aromatic N) is 2. The van der Waals surface area contributed by atoms with Crippen LogP contribution in [0.5, 0.6) is 0 Å². The van der Waals surface area contributed by atoms with E-state index in [1.165, 1.54) is 11.8 Å². The van der Waals surface area contributed by atoms with Crippen molar-refractivity contribution in [3.05, 3.63) is 77.0 Å². The zero-order valence-corrected chi connectivity index (χ0v) is 17.5. The molecule has 0 spiro atoms. The van der Waals surface area contributed by atoms with Crippen LogP contribution >= 0.6 is 11.8 Å². The lowest BCUT2D eigenvalue weighted by molar-refractivity contribution is -0.113. The van der Waals surface area contributed by atoms with Gasteiger partial charge >= 0.3 is 0 Å². The largest absolute Gasteiger partial charge is 0.325 e. The number of hydrogen-bond acceptors (Lipinski definition) is 5. The molecule has 0 bridgehead atoms. The molecular weight excluding hydrogens is 396 g/mol. The summed E-state index contributed by atoms with van der Waals surface area (Å²) < 4.78 is 0. The number of amides is 2. The highest BCUT2D eigenvalue weighted by atomic mass is 32.2. The molecule has 0 aliphatic heterocycles. The van der Waals surface area contributed by atoms with E-state index < -0.39 is 0 Å². The molecule has 0 fully saturated rings. The fraction of sp³-hybridized carbons (Fsp3) is 0.217. The number of nitrogens with one attached hydrogen (secondary N) is 2. The summed E-state index contributed by atoms with van der Waals surface area (Å²) >= 11 is 1.33. The van der Waals surface area contributed by atoms with Gasteiger partial charge in [-0.1, -0.05) is 29.8 Å². The van der Waals surface area contributed by atoms with E-state index in [0.717, 1.165) is 46.7 Å². The maximum absolute atomic E-state index is 12.8. The highest BCUT2D eigenvalue weighted by molar-refractivity contribution is 8.00. The number of benzene rings is 2. The molecule has 1 aliphatic carbocycles. The number of carbonyl (C=O) groups is 2. The van der Waals surface area contributed by atoms with Crippen molar-refractivity contribution >= 4 is 35.1 Å². The summed E-state index contributed by atoms with van der Waals surface area (Å²) in [6, 6.07) is 16.8. The first-order valence-electron chi connectivity index (χ1n) is 9.83. The van der Waals surface area contributed by atoms with E-state index in [9.17, 15) is 9.59 Å². The molecular formula is C23H22N4O2S. The van der Waals surface area contributed by atoms with E-state index in [-0.39, 0.29) is 17.6 Å². The van der Waals surface area contributed by atoms with Gasteiger partial charge in [0.2, 0.25) is 5.91 Å². The third-order valence-corrected chi connectivity index (χ3v) is 5.96. The minimum atomic E-state index is -0.260. The van der Waals surface area contributed by atoms with Crippen molar-refractivity contribution in [3.63, 3.8) is 0 Å². The lowest BCUT2D eigenvalue weighted by Crippen LogP contribution is -2.16. The van der Waals surface area contributed by atoms with Gasteiger partial charge in [-0.05, 0) is 62.1 Å². The Bertz CT molecular complexity index is 1080. The van der Waals surface area contributed by atoms with E-state index in [1.807, 2.05) is 49.4 Å². The van der Waals surface area contributed by atoms with Gasteiger partial charge < -0.3 is 10.6 Å². The summed E-state index contributed by atoms with van der Waals surface area (Å²) in [6.07, 6.45) is 2.99. The first-order valence-corrected chi connectivity index (χ1v) is 10.8. The standard InChI is InChI=1S/C23H22N4O2S/c1-15-9-11-17(12-10-15)24-22(28)14-30-20-8-3-2-6-18(20)23(29)25-21-13-16-5-4-7-19(16)26-27-21/h2-3,6,8-13H,4-5,7,14H2,1H3,(H,24,28)(H,25,27,29). The molecule has 2 N–H and O–H groups in total. The molecule has 2 amide bonds. The van der Waals surface area contributed by atoms with Gasteiger partial charge in [0.15, 0.2) is 5.82 Å². The van der Waals surface area contributed by atoms with Crippen LogP contribution in [0.4, 0.5) is 11.5 Å². The molecule has 0 atom stereocenters. The molecule has 3 aromatic rings. The number of aromatic nitrogens is 2. The lowest BCUT2D eigenvalue weighted by atomic mass is 10.2. The zero-order chi connectivity index (χ0) is 20.9. The topological polar surface area (TPSA) is 84.0 Å². The third-order valence-electron chi connectivity index (χ3n) is 4.89. The van der Waals surface area contributed by atoms with Gasteiger partial charge in [0, 0.05) is 10.6 Å². The van der Waals surface area contributed by atoms with Crippen LogP contribution in [0.2, 0.25) is 0 Å². The second kappa shape index (κ2) is 9.09. The van der Waals surface area contributed by atoms with Gasteiger partial charge in [-0.15, -0.1) is 16.9 Å². The van der Waals surface area contributed by atoms with Crippen LogP contribution in [0.1, 0.15) is 33.6 Å². The number of anilines is 2. The van der Waals surface area contributed by atoms with E-state index in [1.54, 1.807) is 12.1 Å². The molecule has 6 nitrogen and oxygen atoms in total. The molecule has 7 heteroatoms. The molecule has 0 saturated carbocycles. The van der Waals surface area contributed by atoms with Gasteiger partial charge in [0.05, 0.1) is 17.0 Å². The first kappa shape index (κ1) is 20.1. The minimum absolute atomic E-state index is 0.122. The number of fused-ring (bicyclic) bond motifs is 1. The average molecular weight is 419 g/mol. The quantitative estimate of drug-likeness (QED) is 0.585.